The van der Waals surface area contributed by atoms with Crippen LogP contribution in [-0.4, -0.2) is 42.5 Å². The van der Waals surface area contributed by atoms with E-state index in [1.54, 1.807) is 31.3 Å². The molecule has 1 N–H and O–H groups in total. The third-order valence-electron chi connectivity index (χ3n) is 6.35. The highest BCUT2D eigenvalue weighted by Crippen LogP contribution is 2.39. The topological polar surface area (TPSA) is 76.1 Å². The van der Waals surface area contributed by atoms with E-state index in [1.807, 2.05) is 68.4 Å². The Balaban J connectivity index is 1.73. The number of ketones is 1. The van der Waals surface area contributed by atoms with E-state index in [1.165, 1.54) is 0 Å². The number of nitrogens with zero attached hydrogens (tertiary/aromatic N) is 1. The molecular weight excluding hydrogens is 442 g/mol. The first-order valence-electron chi connectivity index (χ1n) is 11.5. The van der Waals surface area contributed by atoms with Crippen LogP contribution >= 0.6 is 0 Å². The normalized spacial score (nSPS) is 17.0. The first kappa shape index (κ1) is 24.1. The summed E-state index contributed by atoms with van der Waals surface area (Å²) >= 11 is 0. The van der Waals surface area contributed by atoms with Crippen LogP contribution in [0.3, 0.4) is 0 Å². The molecule has 0 radical (unpaired) electrons. The van der Waals surface area contributed by atoms with Crippen LogP contribution in [0, 0.1) is 13.8 Å². The van der Waals surface area contributed by atoms with Gasteiger partial charge in [-0.3, -0.25) is 9.59 Å². The van der Waals surface area contributed by atoms with Gasteiger partial charge < -0.3 is 19.5 Å². The molecule has 3 aromatic carbocycles. The van der Waals surface area contributed by atoms with Crippen molar-refractivity contribution < 1.29 is 24.2 Å². The van der Waals surface area contributed by atoms with Gasteiger partial charge in [-0.25, -0.2) is 0 Å². The molecule has 1 heterocycles. The molecule has 0 saturated carbocycles. The van der Waals surface area contributed by atoms with Gasteiger partial charge in [0.25, 0.3) is 11.7 Å². The number of hydrogen-bond donors (Lipinski definition) is 1. The van der Waals surface area contributed by atoms with Gasteiger partial charge in [0.1, 0.15) is 5.76 Å². The molecule has 1 atom stereocenters. The van der Waals surface area contributed by atoms with E-state index >= 15 is 0 Å². The second-order valence-electron chi connectivity index (χ2n) is 8.71. The molecule has 0 aromatic heterocycles. The fourth-order valence-corrected chi connectivity index (χ4v) is 4.36. The molecule has 0 aliphatic carbocycles. The summed E-state index contributed by atoms with van der Waals surface area (Å²) < 4.78 is 10.7. The van der Waals surface area contributed by atoms with Crippen molar-refractivity contribution >= 4 is 17.4 Å². The van der Waals surface area contributed by atoms with Crippen LogP contribution in [0.1, 0.15) is 33.9 Å². The number of ether oxygens (including phenoxy) is 2. The zero-order valence-electron chi connectivity index (χ0n) is 20.4. The lowest BCUT2D eigenvalue weighted by atomic mass is 9.94. The predicted octanol–water partition coefficient (Wildman–Crippen LogP) is 4.99. The number of carbonyl (C=O) groups excluding carboxylic acids is 2. The molecule has 6 heteroatoms. The van der Waals surface area contributed by atoms with Gasteiger partial charge in [0.15, 0.2) is 11.5 Å². The van der Waals surface area contributed by atoms with E-state index in [0.29, 0.717) is 30.0 Å². The van der Waals surface area contributed by atoms with Gasteiger partial charge in [0.05, 0.1) is 25.8 Å². The minimum atomic E-state index is -0.683. The van der Waals surface area contributed by atoms with Crippen molar-refractivity contribution in [2.45, 2.75) is 26.3 Å². The van der Waals surface area contributed by atoms with E-state index in [-0.39, 0.29) is 11.3 Å². The third kappa shape index (κ3) is 4.78. The number of aliphatic hydroxyl groups is 1. The summed E-state index contributed by atoms with van der Waals surface area (Å²) in [5.74, 6) is -0.246. The minimum absolute atomic E-state index is 0.106. The maximum Gasteiger partial charge on any atom is 0.295 e. The summed E-state index contributed by atoms with van der Waals surface area (Å²) in [6.07, 6.45) is 0.500. The highest BCUT2D eigenvalue weighted by atomic mass is 16.5. The molecule has 180 valence electrons. The largest absolute Gasteiger partial charge is 0.507 e. The lowest BCUT2D eigenvalue weighted by Gasteiger charge is -2.25. The number of aliphatic hydroxyl groups excluding tert-OH is 1. The summed E-state index contributed by atoms with van der Waals surface area (Å²) in [7, 11) is 3.15. The van der Waals surface area contributed by atoms with Gasteiger partial charge in [-0.2, -0.15) is 0 Å². The van der Waals surface area contributed by atoms with E-state index in [2.05, 4.69) is 0 Å². The van der Waals surface area contributed by atoms with Crippen molar-refractivity contribution in [2.24, 2.45) is 0 Å². The fraction of sp³-hybridized carbons (Fsp3) is 0.241. The predicted molar refractivity (Wildman–Crippen MR) is 135 cm³/mol. The van der Waals surface area contributed by atoms with Crippen molar-refractivity contribution in [3.63, 3.8) is 0 Å². The van der Waals surface area contributed by atoms with Crippen LogP contribution in [-0.2, 0) is 16.0 Å². The Kier molecular flexibility index (Phi) is 6.92. The molecule has 35 heavy (non-hydrogen) atoms. The van der Waals surface area contributed by atoms with Crippen LogP contribution in [0.4, 0.5) is 0 Å². The molecule has 1 aliphatic heterocycles. The number of aryl methyl sites for hydroxylation is 2. The second-order valence-corrected chi connectivity index (χ2v) is 8.71. The molecule has 1 aliphatic rings. The minimum Gasteiger partial charge on any atom is -0.507 e. The van der Waals surface area contributed by atoms with Gasteiger partial charge in [0, 0.05) is 12.1 Å². The maximum atomic E-state index is 13.2. The van der Waals surface area contributed by atoms with Crippen LogP contribution in [0.15, 0.2) is 72.3 Å². The van der Waals surface area contributed by atoms with Crippen LogP contribution in [0.2, 0.25) is 0 Å². The average molecular weight is 472 g/mol. The Morgan fingerprint density at radius 3 is 2.06 bits per heavy atom. The molecule has 4 rings (SSSR count). The van der Waals surface area contributed by atoms with Crippen LogP contribution < -0.4 is 9.47 Å². The summed E-state index contributed by atoms with van der Waals surface area (Å²) in [5, 5.41) is 11.2. The number of carbonyl (C=O) groups is 2. The highest BCUT2D eigenvalue weighted by Gasteiger charge is 2.45. The summed E-state index contributed by atoms with van der Waals surface area (Å²) in [4.78, 5) is 27.9. The Bertz CT molecular complexity index is 1280. The fourth-order valence-electron chi connectivity index (χ4n) is 4.36. The van der Waals surface area contributed by atoms with Crippen LogP contribution in [0.5, 0.6) is 11.5 Å². The Morgan fingerprint density at radius 2 is 1.46 bits per heavy atom. The van der Waals surface area contributed by atoms with Gasteiger partial charge in [-0.15, -0.1) is 0 Å². The SMILES string of the molecule is COc1ccc(CCN2C(=O)C(=O)C(=C(O)c3ccc(C)cc3)[C@@H]2c2ccc(C)cc2)cc1OC. The number of hydrogen-bond acceptors (Lipinski definition) is 5. The molecule has 1 saturated heterocycles. The number of benzene rings is 3. The second kappa shape index (κ2) is 10.1. The van der Waals surface area contributed by atoms with Gasteiger partial charge in [-0.1, -0.05) is 65.7 Å². The van der Waals surface area contributed by atoms with Gasteiger partial charge in [-0.05, 0) is 43.5 Å². The monoisotopic (exact) mass is 471 g/mol. The lowest BCUT2D eigenvalue weighted by molar-refractivity contribution is -0.139. The van der Waals surface area contributed by atoms with Crippen molar-refractivity contribution in [1.82, 2.24) is 4.90 Å². The number of Topliss-reactive ketones (excluding diaryl/α,β-unsaturated/α-hetero) is 1. The number of methoxy groups -OCH3 is 2. The van der Waals surface area contributed by atoms with Gasteiger partial charge >= 0.3 is 0 Å². The molecule has 0 spiro atoms. The number of amides is 1. The number of likely N-dealkylation sites (tertiary alicyclic amines) is 1. The quantitative estimate of drug-likeness (QED) is 0.299. The molecule has 0 unspecified atom stereocenters. The third-order valence-corrected chi connectivity index (χ3v) is 6.35. The average Bonchev–Trinajstić information content (AvgIpc) is 3.12. The van der Waals surface area contributed by atoms with Crippen molar-refractivity contribution in [2.75, 3.05) is 20.8 Å². The van der Waals surface area contributed by atoms with E-state index in [9.17, 15) is 14.7 Å². The van der Waals surface area contributed by atoms with Gasteiger partial charge in [0.2, 0.25) is 0 Å². The summed E-state index contributed by atoms with van der Waals surface area (Å²) in [5.41, 5.74) is 4.42. The Morgan fingerprint density at radius 1 is 0.857 bits per heavy atom. The van der Waals surface area contributed by atoms with E-state index < -0.39 is 17.7 Å². The van der Waals surface area contributed by atoms with Crippen molar-refractivity contribution in [3.8, 4) is 11.5 Å². The van der Waals surface area contributed by atoms with E-state index in [4.69, 9.17) is 9.47 Å². The van der Waals surface area contributed by atoms with Crippen molar-refractivity contribution in [3.05, 3.63) is 100 Å². The number of rotatable bonds is 7. The standard InChI is InChI=1S/C29H29NO5/c1-18-5-10-21(11-6-18)26-25(27(31)22-12-7-19(2)8-13-22)28(32)29(33)30(26)16-15-20-9-14-23(34-3)24(17-20)35-4/h5-14,17,26,31H,15-16H2,1-4H3/t26-/m0/s1. The molecule has 1 amide bonds. The lowest BCUT2D eigenvalue weighted by Crippen LogP contribution is -2.31. The first-order valence-corrected chi connectivity index (χ1v) is 11.5. The summed E-state index contributed by atoms with van der Waals surface area (Å²) in [6.45, 7) is 4.22. The zero-order chi connectivity index (χ0) is 25.1. The summed E-state index contributed by atoms with van der Waals surface area (Å²) in [6, 6.07) is 19.8. The first-order chi connectivity index (χ1) is 16.8. The maximum absolute atomic E-state index is 13.2. The molecular formula is C29H29NO5. The smallest absolute Gasteiger partial charge is 0.295 e. The van der Waals surface area contributed by atoms with Crippen LogP contribution in [0.25, 0.3) is 5.76 Å². The van der Waals surface area contributed by atoms with Crippen molar-refractivity contribution in [1.29, 1.82) is 0 Å². The zero-order valence-corrected chi connectivity index (χ0v) is 20.4. The molecule has 6 nitrogen and oxygen atoms in total. The Labute approximate surface area is 205 Å². The molecule has 0 bridgehead atoms. The van der Waals surface area contributed by atoms with E-state index in [0.717, 1.165) is 22.3 Å². The molecule has 1 fully saturated rings. The highest BCUT2D eigenvalue weighted by molar-refractivity contribution is 6.46. The Hall–Kier alpha value is -4.06. The molecule has 3 aromatic rings.